The van der Waals surface area contributed by atoms with Gasteiger partial charge in [0.2, 0.25) is 0 Å². The Labute approximate surface area is 84.5 Å². The first-order valence-electron chi connectivity index (χ1n) is 5.04. The predicted molar refractivity (Wildman–Crippen MR) is 56.3 cm³/mol. The van der Waals surface area contributed by atoms with Crippen LogP contribution in [0.4, 0.5) is 5.69 Å². The number of anilines is 1. The molecule has 2 rings (SSSR count). The largest absolute Gasteiger partial charge is 0.382 e. The molecule has 1 heterocycles. The van der Waals surface area contributed by atoms with Crippen molar-refractivity contribution in [3.63, 3.8) is 0 Å². The molecule has 1 N–H and O–H groups in total. The van der Waals surface area contributed by atoms with E-state index in [-0.39, 0.29) is 5.60 Å². The van der Waals surface area contributed by atoms with Crippen molar-refractivity contribution in [1.82, 2.24) is 4.98 Å². The van der Waals surface area contributed by atoms with Crippen LogP contribution in [0.15, 0.2) is 24.5 Å². The van der Waals surface area contributed by atoms with Crippen LogP contribution in [0.25, 0.3) is 0 Å². The molecule has 3 heteroatoms. The zero-order valence-corrected chi connectivity index (χ0v) is 8.49. The molecule has 1 aliphatic rings. The van der Waals surface area contributed by atoms with Crippen LogP contribution in [0.1, 0.15) is 19.3 Å². The number of rotatable bonds is 4. The van der Waals surface area contributed by atoms with E-state index in [1.165, 1.54) is 19.3 Å². The average Bonchev–Trinajstić information content (AvgIpc) is 2.19. The Morgan fingerprint density at radius 1 is 1.43 bits per heavy atom. The molecule has 0 aliphatic heterocycles. The van der Waals surface area contributed by atoms with Gasteiger partial charge in [0, 0.05) is 31.7 Å². The zero-order valence-electron chi connectivity index (χ0n) is 8.49. The number of methoxy groups -OCH3 is 1. The number of nitrogens with one attached hydrogen (secondary N) is 1. The summed E-state index contributed by atoms with van der Waals surface area (Å²) < 4.78 is 5.52. The molecule has 0 spiro atoms. The Kier molecular flexibility index (Phi) is 2.68. The molecule has 0 saturated heterocycles. The van der Waals surface area contributed by atoms with Gasteiger partial charge in [-0.15, -0.1) is 0 Å². The summed E-state index contributed by atoms with van der Waals surface area (Å²) >= 11 is 0. The van der Waals surface area contributed by atoms with E-state index in [2.05, 4.69) is 10.3 Å². The van der Waals surface area contributed by atoms with Gasteiger partial charge in [-0.25, -0.2) is 0 Å². The quantitative estimate of drug-likeness (QED) is 0.793. The highest BCUT2D eigenvalue weighted by atomic mass is 16.5. The lowest BCUT2D eigenvalue weighted by atomic mass is 9.80. The molecule has 0 atom stereocenters. The SMILES string of the molecule is COC1(CNc2ccncc2)CCC1. The van der Waals surface area contributed by atoms with Crippen molar-refractivity contribution in [1.29, 1.82) is 0 Å². The van der Waals surface area contributed by atoms with Crippen LogP contribution in [0.3, 0.4) is 0 Å². The second-order valence-corrected chi connectivity index (χ2v) is 3.83. The highest BCUT2D eigenvalue weighted by molar-refractivity contribution is 5.41. The van der Waals surface area contributed by atoms with E-state index in [1.807, 2.05) is 12.1 Å². The summed E-state index contributed by atoms with van der Waals surface area (Å²) in [5.41, 5.74) is 1.20. The second kappa shape index (κ2) is 3.96. The van der Waals surface area contributed by atoms with E-state index >= 15 is 0 Å². The van der Waals surface area contributed by atoms with Crippen LogP contribution in [0.5, 0.6) is 0 Å². The van der Waals surface area contributed by atoms with Crippen molar-refractivity contribution in [3.05, 3.63) is 24.5 Å². The molecule has 3 nitrogen and oxygen atoms in total. The molecule has 1 fully saturated rings. The third-order valence-corrected chi connectivity index (χ3v) is 2.99. The first-order chi connectivity index (χ1) is 6.85. The fourth-order valence-electron chi connectivity index (χ4n) is 1.76. The molecule has 14 heavy (non-hydrogen) atoms. The number of pyridine rings is 1. The highest BCUT2D eigenvalue weighted by Crippen LogP contribution is 2.34. The van der Waals surface area contributed by atoms with E-state index in [4.69, 9.17) is 4.74 Å². The standard InChI is InChI=1S/C11H16N2O/c1-14-11(5-2-6-11)9-13-10-3-7-12-8-4-10/h3-4,7-8H,2,5-6,9H2,1H3,(H,12,13). The molecular weight excluding hydrogens is 176 g/mol. The summed E-state index contributed by atoms with van der Waals surface area (Å²) in [6.45, 7) is 0.896. The number of aromatic nitrogens is 1. The fourth-order valence-corrected chi connectivity index (χ4v) is 1.76. The van der Waals surface area contributed by atoms with E-state index in [9.17, 15) is 0 Å². The van der Waals surface area contributed by atoms with E-state index in [0.29, 0.717) is 0 Å². The minimum atomic E-state index is 0.0866. The van der Waals surface area contributed by atoms with Gasteiger partial charge in [0.1, 0.15) is 0 Å². The van der Waals surface area contributed by atoms with E-state index < -0.39 is 0 Å². The van der Waals surface area contributed by atoms with Crippen molar-refractivity contribution >= 4 is 5.69 Å². The Hall–Kier alpha value is -1.09. The van der Waals surface area contributed by atoms with Crippen LogP contribution in [-0.4, -0.2) is 24.2 Å². The molecular formula is C11H16N2O. The molecule has 0 amide bonds. The van der Waals surface area contributed by atoms with Gasteiger partial charge in [0.05, 0.1) is 5.60 Å². The normalized spacial score (nSPS) is 18.6. The minimum Gasteiger partial charge on any atom is -0.382 e. The average molecular weight is 192 g/mol. The first-order valence-corrected chi connectivity index (χ1v) is 5.04. The van der Waals surface area contributed by atoms with Crippen LogP contribution in [0, 0.1) is 0 Å². The molecule has 1 aliphatic carbocycles. The predicted octanol–water partition coefficient (Wildman–Crippen LogP) is 2.06. The molecule has 0 unspecified atom stereocenters. The fraction of sp³-hybridized carbons (Fsp3) is 0.545. The minimum absolute atomic E-state index is 0.0866. The van der Waals surface area contributed by atoms with Crippen LogP contribution in [0.2, 0.25) is 0 Å². The summed E-state index contributed by atoms with van der Waals surface area (Å²) in [5, 5.41) is 3.37. The van der Waals surface area contributed by atoms with Crippen molar-refractivity contribution in [2.75, 3.05) is 19.0 Å². The third-order valence-electron chi connectivity index (χ3n) is 2.99. The lowest BCUT2D eigenvalue weighted by molar-refractivity contribution is -0.0601. The molecule has 1 saturated carbocycles. The Morgan fingerprint density at radius 3 is 2.64 bits per heavy atom. The third kappa shape index (κ3) is 1.87. The molecule has 1 aromatic rings. The molecule has 1 aromatic heterocycles. The van der Waals surface area contributed by atoms with Gasteiger partial charge in [0.25, 0.3) is 0 Å². The summed E-state index contributed by atoms with van der Waals surface area (Å²) in [4.78, 5) is 3.97. The maximum Gasteiger partial charge on any atom is 0.0850 e. The monoisotopic (exact) mass is 192 g/mol. The highest BCUT2D eigenvalue weighted by Gasteiger charge is 2.36. The Bertz CT molecular complexity index is 277. The van der Waals surface area contributed by atoms with Gasteiger partial charge < -0.3 is 10.1 Å². The maximum atomic E-state index is 5.52. The first kappa shape index (κ1) is 9.46. The smallest absolute Gasteiger partial charge is 0.0850 e. The van der Waals surface area contributed by atoms with Gasteiger partial charge in [0.15, 0.2) is 0 Å². The lowest BCUT2D eigenvalue weighted by Gasteiger charge is -2.40. The van der Waals surface area contributed by atoms with Crippen molar-refractivity contribution < 1.29 is 4.74 Å². The van der Waals surface area contributed by atoms with Crippen molar-refractivity contribution in [2.45, 2.75) is 24.9 Å². The van der Waals surface area contributed by atoms with Gasteiger partial charge in [-0.2, -0.15) is 0 Å². The number of hydrogen-bond acceptors (Lipinski definition) is 3. The maximum absolute atomic E-state index is 5.52. The number of nitrogens with zero attached hydrogens (tertiary/aromatic N) is 1. The molecule has 0 bridgehead atoms. The topological polar surface area (TPSA) is 34.1 Å². The van der Waals surface area contributed by atoms with Crippen LogP contribution < -0.4 is 5.32 Å². The molecule has 76 valence electrons. The van der Waals surface area contributed by atoms with E-state index in [1.54, 1.807) is 19.5 Å². The lowest BCUT2D eigenvalue weighted by Crippen LogP contribution is -2.45. The van der Waals surface area contributed by atoms with Crippen molar-refractivity contribution in [2.24, 2.45) is 0 Å². The van der Waals surface area contributed by atoms with Gasteiger partial charge in [-0.3, -0.25) is 4.98 Å². The number of ether oxygens (including phenoxy) is 1. The van der Waals surface area contributed by atoms with Gasteiger partial charge >= 0.3 is 0 Å². The van der Waals surface area contributed by atoms with Gasteiger partial charge in [-0.05, 0) is 31.4 Å². The van der Waals surface area contributed by atoms with Crippen LogP contribution >= 0.6 is 0 Å². The summed E-state index contributed by atoms with van der Waals surface area (Å²) in [7, 11) is 1.80. The molecule has 0 radical (unpaired) electrons. The van der Waals surface area contributed by atoms with Gasteiger partial charge in [-0.1, -0.05) is 0 Å². The Balaban J connectivity index is 1.88. The van der Waals surface area contributed by atoms with Crippen molar-refractivity contribution in [3.8, 4) is 0 Å². The summed E-state index contributed by atoms with van der Waals surface area (Å²) in [6.07, 6.45) is 7.21. The molecule has 0 aromatic carbocycles. The van der Waals surface area contributed by atoms with E-state index in [0.717, 1.165) is 12.2 Å². The second-order valence-electron chi connectivity index (χ2n) is 3.83. The summed E-state index contributed by atoms with van der Waals surface area (Å²) in [5.74, 6) is 0. The Morgan fingerprint density at radius 2 is 2.14 bits per heavy atom. The number of hydrogen-bond donors (Lipinski definition) is 1. The zero-order chi connectivity index (χ0) is 9.86. The summed E-state index contributed by atoms with van der Waals surface area (Å²) in [6, 6.07) is 3.95. The van der Waals surface area contributed by atoms with Crippen LogP contribution in [-0.2, 0) is 4.74 Å².